The number of amides is 1. The predicted octanol–water partition coefficient (Wildman–Crippen LogP) is 3.79. The van der Waals surface area contributed by atoms with E-state index in [1.54, 1.807) is 12.1 Å². The highest BCUT2D eigenvalue weighted by molar-refractivity contribution is 7.18. The number of benzene rings is 2. The van der Waals surface area contributed by atoms with E-state index < -0.39 is 5.92 Å². The number of fused-ring (bicyclic) bond motifs is 1. The number of halogens is 2. The lowest BCUT2D eigenvalue weighted by molar-refractivity contribution is -0.115. The Bertz CT molecular complexity index is 1060. The largest absolute Gasteiger partial charge is 0.359 e. The lowest BCUT2D eigenvalue weighted by atomic mass is 10.0. The molecule has 9 heteroatoms. The third-order valence-corrected chi connectivity index (χ3v) is 5.81. The molecule has 0 unspecified atom stereocenters. The van der Waals surface area contributed by atoms with Gasteiger partial charge < -0.3 is 16.4 Å². The summed E-state index contributed by atoms with van der Waals surface area (Å²) < 4.78 is 26.6. The van der Waals surface area contributed by atoms with Gasteiger partial charge in [0, 0.05) is 36.3 Å². The Morgan fingerprint density at radius 3 is 2.73 bits per heavy atom. The second-order valence-corrected chi connectivity index (χ2v) is 8.42. The van der Waals surface area contributed by atoms with E-state index in [0.717, 1.165) is 34.3 Å². The van der Waals surface area contributed by atoms with Crippen molar-refractivity contribution in [2.45, 2.75) is 31.7 Å². The van der Waals surface area contributed by atoms with Gasteiger partial charge in [-0.1, -0.05) is 35.6 Å². The third-order valence-electron chi connectivity index (χ3n) is 4.88. The maximum Gasteiger partial charge on any atom is 0.270 e. The van der Waals surface area contributed by atoms with Gasteiger partial charge in [-0.2, -0.15) is 0 Å². The summed E-state index contributed by atoms with van der Waals surface area (Å²) in [5.41, 5.74) is 9.77. The van der Waals surface area contributed by atoms with Gasteiger partial charge in [-0.15, -0.1) is 10.2 Å². The molecule has 2 aromatic carbocycles. The van der Waals surface area contributed by atoms with E-state index >= 15 is 0 Å². The quantitative estimate of drug-likeness (QED) is 0.531. The summed E-state index contributed by atoms with van der Waals surface area (Å²) in [7, 11) is 0. The van der Waals surface area contributed by atoms with Crippen molar-refractivity contribution in [3.8, 4) is 10.6 Å². The first-order valence-electron chi connectivity index (χ1n) is 9.51. The van der Waals surface area contributed by atoms with E-state index in [-0.39, 0.29) is 17.5 Å². The van der Waals surface area contributed by atoms with E-state index in [1.165, 1.54) is 23.5 Å². The van der Waals surface area contributed by atoms with Gasteiger partial charge in [-0.25, -0.2) is 8.78 Å². The second-order valence-electron chi connectivity index (χ2n) is 7.44. The van der Waals surface area contributed by atoms with Gasteiger partial charge in [0.05, 0.1) is 6.42 Å². The monoisotopic (exact) mass is 429 g/mol. The molecule has 0 saturated carbocycles. The molecular formula is C21H21F2N5OS. The van der Waals surface area contributed by atoms with Crippen molar-refractivity contribution in [3.05, 3.63) is 59.2 Å². The van der Waals surface area contributed by atoms with Gasteiger partial charge in [0.1, 0.15) is 5.01 Å². The van der Waals surface area contributed by atoms with E-state index in [1.807, 2.05) is 18.2 Å². The van der Waals surface area contributed by atoms with Crippen LogP contribution in [0.5, 0.6) is 0 Å². The van der Waals surface area contributed by atoms with Crippen LogP contribution in [0, 0.1) is 0 Å². The molecule has 6 nitrogen and oxygen atoms in total. The van der Waals surface area contributed by atoms with Crippen LogP contribution in [-0.4, -0.2) is 28.7 Å². The van der Waals surface area contributed by atoms with Crippen molar-refractivity contribution < 1.29 is 13.6 Å². The van der Waals surface area contributed by atoms with E-state index in [2.05, 4.69) is 20.8 Å². The predicted molar refractivity (Wildman–Crippen MR) is 114 cm³/mol. The van der Waals surface area contributed by atoms with Crippen LogP contribution in [0.4, 0.5) is 19.6 Å². The minimum Gasteiger partial charge on any atom is -0.359 e. The van der Waals surface area contributed by atoms with Gasteiger partial charge in [0.15, 0.2) is 0 Å². The standard InChI is InChI=1S/C21H21F2N5OS/c1-21(22,23)15-5-2-12(3-6-15)8-16(24)11-25-20-28-27-19(30-20)13-4-7-17-14(9-13)10-18(29)26-17/h2-7,9,16H,8,10-11,24H2,1H3,(H,25,28)(H,26,29)/t16-/m1/s1. The summed E-state index contributed by atoms with van der Waals surface area (Å²) in [5, 5.41) is 15.8. The molecule has 4 N–H and O–H groups in total. The maximum atomic E-state index is 13.3. The number of rotatable bonds is 7. The van der Waals surface area contributed by atoms with Crippen LogP contribution in [0.2, 0.25) is 0 Å². The first-order chi connectivity index (χ1) is 14.3. The Hall–Kier alpha value is -2.91. The zero-order valence-electron chi connectivity index (χ0n) is 16.3. The van der Waals surface area contributed by atoms with Crippen molar-refractivity contribution in [1.29, 1.82) is 0 Å². The van der Waals surface area contributed by atoms with Gasteiger partial charge in [-0.3, -0.25) is 4.79 Å². The molecule has 0 radical (unpaired) electrons. The highest BCUT2D eigenvalue weighted by atomic mass is 32.1. The SMILES string of the molecule is CC(F)(F)c1ccc(C[C@@H](N)CNc2nnc(-c3ccc4c(c3)CC(=O)N4)s2)cc1. The van der Waals surface area contributed by atoms with Crippen LogP contribution in [0.25, 0.3) is 10.6 Å². The number of aromatic nitrogens is 2. The van der Waals surface area contributed by atoms with Gasteiger partial charge >= 0.3 is 0 Å². The van der Waals surface area contributed by atoms with Crippen molar-refractivity contribution in [2.75, 3.05) is 17.2 Å². The Kier molecular flexibility index (Phi) is 5.48. The number of nitrogens with zero attached hydrogens (tertiary/aromatic N) is 2. The number of nitrogens with two attached hydrogens (primary N) is 1. The summed E-state index contributed by atoms with van der Waals surface area (Å²) in [5.74, 6) is -2.85. The molecule has 1 aromatic heterocycles. The van der Waals surface area contributed by atoms with Crippen LogP contribution in [0.3, 0.4) is 0 Å². The van der Waals surface area contributed by atoms with Crippen LogP contribution in [0.1, 0.15) is 23.6 Å². The van der Waals surface area contributed by atoms with Crippen molar-refractivity contribution in [1.82, 2.24) is 10.2 Å². The fourth-order valence-electron chi connectivity index (χ4n) is 3.30. The number of hydrogen-bond acceptors (Lipinski definition) is 6. The fourth-order valence-corrected chi connectivity index (χ4v) is 4.05. The molecule has 1 atom stereocenters. The fraction of sp³-hybridized carbons (Fsp3) is 0.286. The molecule has 30 heavy (non-hydrogen) atoms. The highest BCUT2D eigenvalue weighted by Crippen LogP contribution is 2.32. The molecule has 2 heterocycles. The molecule has 156 valence electrons. The Labute approximate surface area is 176 Å². The molecule has 3 aromatic rings. The third kappa shape index (κ3) is 4.63. The molecule has 0 aliphatic carbocycles. The average Bonchev–Trinajstić information content (AvgIpc) is 3.31. The molecule has 4 rings (SSSR count). The zero-order valence-corrected chi connectivity index (χ0v) is 17.1. The summed E-state index contributed by atoms with van der Waals surface area (Å²) in [6, 6.07) is 11.8. The van der Waals surface area contributed by atoms with Crippen LogP contribution < -0.4 is 16.4 Å². The van der Waals surface area contributed by atoms with Crippen LogP contribution >= 0.6 is 11.3 Å². The number of carbonyl (C=O) groups excluding carboxylic acids is 1. The van der Waals surface area contributed by atoms with Crippen molar-refractivity contribution in [2.24, 2.45) is 5.73 Å². The normalized spacial score (nSPS) is 14.3. The maximum absolute atomic E-state index is 13.3. The number of hydrogen-bond donors (Lipinski definition) is 3. The molecule has 0 bridgehead atoms. The lowest BCUT2D eigenvalue weighted by Crippen LogP contribution is -2.31. The highest BCUT2D eigenvalue weighted by Gasteiger charge is 2.23. The van der Waals surface area contributed by atoms with Gasteiger partial charge in [-0.05, 0) is 35.7 Å². The van der Waals surface area contributed by atoms with Gasteiger partial charge in [0.2, 0.25) is 11.0 Å². The Morgan fingerprint density at radius 2 is 2.00 bits per heavy atom. The van der Waals surface area contributed by atoms with Crippen molar-refractivity contribution >= 4 is 28.1 Å². The molecule has 0 spiro atoms. The van der Waals surface area contributed by atoms with Crippen LogP contribution in [-0.2, 0) is 23.6 Å². The number of alkyl halides is 2. The van der Waals surface area contributed by atoms with E-state index in [4.69, 9.17) is 5.73 Å². The number of anilines is 2. The van der Waals surface area contributed by atoms with E-state index in [9.17, 15) is 13.6 Å². The zero-order chi connectivity index (χ0) is 21.3. The summed E-state index contributed by atoms with van der Waals surface area (Å²) in [6.07, 6.45) is 0.929. The van der Waals surface area contributed by atoms with Crippen molar-refractivity contribution in [3.63, 3.8) is 0 Å². The average molecular weight is 429 g/mol. The smallest absolute Gasteiger partial charge is 0.270 e. The molecular weight excluding hydrogens is 408 g/mol. The van der Waals surface area contributed by atoms with Crippen LogP contribution in [0.15, 0.2) is 42.5 Å². The summed E-state index contributed by atoms with van der Waals surface area (Å²) in [4.78, 5) is 11.5. The molecule has 0 saturated heterocycles. The minimum absolute atomic E-state index is 0.00574. The molecule has 0 fully saturated rings. The molecule has 1 amide bonds. The first kappa shape index (κ1) is 20.4. The topological polar surface area (TPSA) is 92.9 Å². The summed E-state index contributed by atoms with van der Waals surface area (Å²) >= 11 is 1.41. The van der Waals surface area contributed by atoms with E-state index in [0.29, 0.717) is 24.5 Å². The summed E-state index contributed by atoms with van der Waals surface area (Å²) in [6.45, 7) is 1.36. The minimum atomic E-state index is -2.84. The number of carbonyl (C=O) groups is 1. The molecule has 1 aliphatic rings. The molecule has 1 aliphatic heterocycles. The lowest BCUT2D eigenvalue weighted by Gasteiger charge is -2.14. The Morgan fingerprint density at radius 1 is 1.23 bits per heavy atom. The Balaban J connectivity index is 1.33. The van der Waals surface area contributed by atoms with Gasteiger partial charge in [0.25, 0.3) is 5.92 Å². The second kappa shape index (κ2) is 8.08. The number of nitrogens with one attached hydrogen (secondary N) is 2. The first-order valence-corrected chi connectivity index (χ1v) is 10.3.